The van der Waals surface area contributed by atoms with Gasteiger partial charge in [-0.15, -0.1) is 0 Å². The zero-order chi connectivity index (χ0) is 14.6. The van der Waals surface area contributed by atoms with E-state index in [0.717, 1.165) is 19.3 Å². The number of carboxylic acids is 1. The predicted molar refractivity (Wildman–Crippen MR) is 76.0 cm³/mol. The number of carbonyl (C=O) groups is 1. The number of hydrogen-bond donors (Lipinski definition) is 2. The lowest BCUT2D eigenvalue weighted by atomic mass is 10.0. The minimum atomic E-state index is -3.31. The normalized spacial score (nSPS) is 17.0. The highest BCUT2D eigenvalue weighted by Crippen LogP contribution is 2.23. The summed E-state index contributed by atoms with van der Waals surface area (Å²) in [5, 5.41) is 8.60. The summed E-state index contributed by atoms with van der Waals surface area (Å²) in [7, 11) is -3.31. The number of hydrogen-bond acceptors (Lipinski definition) is 3. The summed E-state index contributed by atoms with van der Waals surface area (Å²) < 4.78 is 26.9. The van der Waals surface area contributed by atoms with Crippen molar-refractivity contribution in [3.63, 3.8) is 0 Å². The Balaban J connectivity index is 2.00. The van der Waals surface area contributed by atoms with Gasteiger partial charge in [0.1, 0.15) is 0 Å². The average molecular weight is 297 g/mol. The van der Waals surface area contributed by atoms with E-state index in [-0.39, 0.29) is 17.4 Å². The third-order valence-electron chi connectivity index (χ3n) is 3.64. The summed E-state index contributed by atoms with van der Waals surface area (Å²) in [5.41, 5.74) is 0.823. The number of nitrogens with one attached hydrogen (secondary N) is 1. The Kier molecular flexibility index (Phi) is 4.77. The van der Waals surface area contributed by atoms with Crippen LogP contribution in [0.25, 0.3) is 0 Å². The summed E-state index contributed by atoms with van der Waals surface area (Å²) in [4.78, 5) is 10.9. The molecule has 1 saturated carbocycles. The first-order valence-corrected chi connectivity index (χ1v) is 8.34. The Morgan fingerprint density at radius 1 is 1.25 bits per heavy atom. The van der Waals surface area contributed by atoms with Crippen LogP contribution in [0.1, 0.15) is 48.0 Å². The van der Waals surface area contributed by atoms with Crippen molar-refractivity contribution in [3.8, 4) is 0 Å². The van der Waals surface area contributed by atoms with Crippen LogP contribution >= 0.6 is 0 Å². The van der Waals surface area contributed by atoms with Crippen LogP contribution in [-0.2, 0) is 16.6 Å². The first-order valence-electron chi connectivity index (χ1n) is 6.80. The van der Waals surface area contributed by atoms with Crippen molar-refractivity contribution in [3.05, 3.63) is 35.4 Å². The minimum Gasteiger partial charge on any atom is -0.478 e. The van der Waals surface area contributed by atoms with E-state index in [1.54, 1.807) is 12.1 Å². The van der Waals surface area contributed by atoms with Crippen molar-refractivity contribution in [1.82, 2.24) is 4.72 Å². The molecule has 1 aromatic rings. The molecular formula is C14H19NO4S. The van der Waals surface area contributed by atoms with Gasteiger partial charge in [0.15, 0.2) is 0 Å². The fourth-order valence-corrected chi connectivity index (χ4v) is 4.05. The second kappa shape index (κ2) is 6.37. The molecule has 1 aliphatic rings. The van der Waals surface area contributed by atoms with Crippen LogP contribution in [0.3, 0.4) is 0 Å². The molecule has 1 aromatic carbocycles. The quantitative estimate of drug-likeness (QED) is 0.872. The fourth-order valence-electron chi connectivity index (χ4n) is 2.49. The first kappa shape index (κ1) is 15.0. The first-order chi connectivity index (χ1) is 9.49. The molecule has 0 unspecified atom stereocenters. The van der Waals surface area contributed by atoms with E-state index in [9.17, 15) is 13.2 Å². The van der Waals surface area contributed by atoms with E-state index in [2.05, 4.69) is 4.72 Å². The monoisotopic (exact) mass is 297 g/mol. The topological polar surface area (TPSA) is 83.5 Å². The van der Waals surface area contributed by atoms with Crippen molar-refractivity contribution < 1.29 is 18.3 Å². The van der Waals surface area contributed by atoms with Gasteiger partial charge in [-0.2, -0.15) is 0 Å². The molecule has 0 aromatic heterocycles. The minimum absolute atomic E-state index is 0.139. The number of benzene rings is 1. The molecule has 2 N–H and O–H groups in total. The molecular weight excluding hydrogens is 278 g/mol. The molecule has 0 spiro atoms. The van der Waals surface area contributed by atoms with Crippen LogP contribution in [0.15, 0.2) is 24.3 Å². The molecule has 0 atom stereocenters. The Hall–Kier alpha value is -1.40. The van der Waals surface area contributed by atoms with Crippen molar-refractivity contribution in [1.29, 1.82) is 0 Å². The molecule has 2 rings (SSSR count). The molecule has 0 saturated heterocycles. The molecule has 0 aliphatic heterocycles. The van der Waals surface area contributed by atoms with E-state index in [1.165, 1.54) is 12.1 Å². The highest BCUT2D eigenvalue weighted by Gasteiger charge is 2.26. The largest absolute Gasteiger partial charge is 0.478 e. The Morgan fingerprint density at radius 2 is 1.95 bits per heavy atom. The lowest BCUT2D eigenvalue weighted by molar-refractivity contribution is 0.0696. The lowest BCUT2D eigenvalue weighted by Crippen LogP contribution is -2.35. The number of aromatic carboxylic acids is 1. The van der Waals surface area contributed by atoms with E-state index < -0.39 is 16.0 Å². The van der Waals surface area contributed by atoms with E-state index in [4.69, 9.17) is 5.11 Å². The maximum atomic E-state index is 12.2. The zero-order valence-corrected chi connectivity index (χ0v) is 12.0. The van der Waals surface area contributed by atoms with Gasteiger partial charge in [0.25, 0.3) is 0 Å². The summed E-state index contributed by atoms with van der Waals surface area (Å²) in [6.07, 6.45) is 4.45. The Labute approximate surface area is 119 Å². The van der Waals surface area contributed by atoms with Crippen LogP contribution in [0.5, 0.6) is 0 Å². The predicted octanol–water partition coefficient (Wildman–Crippen LogP) is 2.14. The number of rotatable bonds is 5. The van der Waals surface area contributed by atoms with Crippen LogP contribution in [0, 0.1) is 0 Å². The maximum absolute atomic E-state index is 12.2. The standard InChI is InChI=1S/C14H19NO4S/c16-14(17)12-6-4-5-11(9-12)10-15-20(18,19)13-7-2-1-3-8-13/h4-6,9,13,15H,1-3,7-8,10H2,(H,16,17). The molecule has 20 heavy (non-hydrogen) atoms. The van der Waals surface area contributed by atoms with Crippen LogP contribution in [0.4, 0.5) is 0 Å². The SMILES string of the molecule is O=C(O)c1cccc(CNS(=O)(=O)C2CCCCC2)c1. The van der Waals surface area contributed by atoms with Crippen LogP contribution < -0.4 is 4.72 Å². The molecule has 0 radical (unpaired) electrons. The highest BCUT2D eigenvalue weighted by atomic mass is 32.2. The Morgan fingerprint density at radius 3 is 2.60 bits per heavy atom. The lowest BCUT2D eigenvalue weighted by Gasteiger charge is -2.22. The zero-order valence-electron chi connectivity index (χ0n) is 11.2. The molecule has 6 heteroatoms. The third kappa shape index (κ3) is 3.80. The Bertz CT molecular complexity index is 577. The smallest absolute Gasteiger partial charge is 0.335 e. The average Bonchev–Trinajstić information content (AvgIpc) is 2.46. The summed E-state index contributed by atoms with van der Waals surface area (Å²) >= 11 is 0. The van der Waals surface area contributed by atoms with Crippen LogP contribution in [0.2, 0.25) is 0 Å². The molecule has 0 heterocycles. The van der Waals surface area contributed by atoms with Crippen molar-refractivity contribution in [2.45, 2.75) is 43.9 Å². The van der Waals surface area contributed by atoms with Gasteiger partial charge in [-0.05, 0) is 30.5 Å². The van der Waals surface area contributed by atoms with Gasteiger partial charge in [0, 0.05) is 6.54 Å². The summed E-state index contributed by atoms with van der Waals surface area (Å²) in [6.45, 7) is 0.139. The van der Waals surface area contributed by atoms with E-state index >= 15 is 0 Å². The van der Waals surface area contributed by atoms with Gasteiger partial charge in [-0.3, -0.25) is 0 Å². The molecule has 0 amide bonds. The van der Waals surface area contributed by atoms with Crippen LogP contribution in [-0.4, -0.2) is 24.7 Å². The maximum Gasteiger partial charge on any atom is 0.335 e. The van der Waals surface area contributed by atoms with Crippen molar-refractivity contribution in [2.24, 2.45) is 0 Å². The van der Waals surface area contributed by atoms with Crippen molar-refractivity contribution in [2.75, 3.05) is 0 Å². The van der Waals surface area contributed by atoms with Gasteiger partial charge in [-0.25, -0.2) is 17.9 Å². The second-order valence-electron chi connectivity index (χ2n) is 5.13. The van der Waals surface area contributed by atoms with E-state index in [0.29, 0.717) is 18.4 Å². The number of sulfonamides is 1. The van der Waals surface area contributed by atoms with Gasteiger partial charge >= 0.3 is 5.97 Å². The second-order valence-corrected chi connectivity index (χ2v) is 7.18. The summed E-state index contributed by atoms with van der Waals surface area (Å²) in [6, 6.07) is 6.32. The summed E-state index contributed by atoms with van der Waals surface area (Å²) in [5.74, 6) is -1.01. The number of carboxylic acid groups (broad SMARTS) is 1. The van der Waals surface area contributed by atoms with Crippen molar-refractivity contribution >= 4 is 16.0 Å². The molecule has 5 nitrogen and oxygen atoms in total. The highest BCUT2D eigenvalue weighted by molar-refractivity contribution is 7.90. The van der Waals surface area contributed by atoms with Gasteiger partial charge < -0.3 is 5.11 Å². The molecule has 0 bridgehead atoms. The fraction of sp³-hybridized carbons (Fsp3) is 0.500. The molecule has 110 valence electrons. The molecule has 1 fully saturated rings. The third-order valence-corrected chi connectivity index (χ3v) is 5.54. The van der Waals surface area contributed by atoms with Gasteiger partial charge in [-0.1, -0.05) is 31.4 Å². The molecule has 1 aliphatic carbocycles. The van der Waals surface area contributed by atoms with Gasteiger partial charge in [0.2, 0.25) is 10.0 Å². The van der Waals surface area contributed by atoms with E-state index in [1.807, 2.05) is 0 Å². The van der Waals surface area contributed by atoms with Gasteiger partial charge in [0.05, 0.1) is 10.8 Å².